The molecule has 0 heterocycles. The molecule has 162 valence electrons. The maximum atomic E-state index is 12.5. The van der Waals surface area contributed by atoms with Crippen LogP contribution >= 0.6 is 0 Å². The first-order valence-corrected chi connectivity index (χ1v) is 10.4. The van der Waals surface area contributed by atoms with Gasteiger partial charge in [0.05, 0.1) is 12.2 Å². The van der Waals surface area contributed by atoms with Gasteiger partial charge in [-0.3, -0.25) is 20.4 Å². The van der Waals surface area contributed by atoms with Crippen molar-refractivity contribution >= 4 is 22.6 Å². The van der Waals surface area contributed by atoms with Crippen LogP contribution in [0.15, 0.2) is 66.7 Å². The largest absolute Gasteiger partial charge is 0.493 e. The normalized spacial score (nSPS) is 11.7. The highest BCUT2D eigenvalue weighted by Gasteiger charge is 2.18. The number of hydrogen-bond donors (Lipinski definition) is 2. The van der Waals surface area contributed by atoms with Gasteiger partial charge in [0.25, 0.3) is 11.8 Å². The first kappa shape index (κ1) is 22.2. The highest BCUT2D eigenvalue weighted by molar-refractivity contribution is 5.98. The summed E-state index contributed by atoms with van der Waals surface area (Å²) in [6.07, 6.45) is 0.0926. The van der Waals surface area contributed by atoms with Crippen LogP contribution in [-0.4, -0.2) is 24.5 Å². The Labute approximate surface area is 182 Å². The van der Waals surface area contributed by atoms with Crippen LogP contribution in [-0.2, 0) is 4.79 Å². The van der Waals surface area contributed by atoms with Gasteiger partial charge in [-0.05, 0) is 54.3 Å². The third-order valence-electron chi connectivity index (χ3n) is 4.79. The summed E-state index contributed by atoms with van der Waals surface area (Å²) in [6, 6.07) is 20.5. The molecule has 1 atom stereocenters. The molecule has 31 heavy (non-hydrogen) atoms. The van der Waals surface area contributed by atoms with E-state index in [0.29, 0.717) is 29.6 Å². The monoisotopic (exact) mass is 420 g/mol. The second kappa shape index (κ2) is 10.5. The molecule has 0 aliphatic rings. The van der Waals surface area contributed by atoms with Crippen LogP contribution in [0.3, 0.4) is 0 Å². The fourth-order valence-electron chi connectivity index (χ4n) is 2.97. The summed E-state index contributed by atoms with van der Waals surface area (Å²) in [5.74, 6) is 0.655. The molecule has 0 saturated carbocycles. The Hall–Kier alpha value is -3.54. The minimum absolute atomic E-state index is 0.356. The van der Waals surface area contributed by atoms with Crippen molar-refractivity contribution in [3.63, 3.8) is 0 Å². The van der Waals surface area contributed by atoms with Crippen LogP contribution in [0.1, 0.15) is 37.6 Å². The van der Waals surface area contributed by atoms with Gasteiger partial charge in [0.1, 0.15) is 11.5 Å². The summed E-state index contributed by atoms with van der Waals surface area (Å²) in [4.78, 5) is 24.9. The Kier molecular flexibility index (Phi) is 7.49. The average Bonchev–Trinajstić information content (AvgIpc) is 2.77. The first-order chi connectivity index (χ1) is 14.9. The summed E-state index contributed by atoms with van der Waals surface area (Å²) in [5.41, 5.74) is 5.21. The summed E-state index contributed by atoms with van der Waals surface area (Å²) in [6.45, 7) is 6.36. The molecule has 0 spiro atoms. The maximum absolute atomic E-state index is 12.5. The van der Waals surface area contributed by atoms with Crippen molar-refractivity contribution in [3.05, 3.63) is 72.3 Å². The van der Waals surface area contributed by atoms with Crippen molar-refractivity contribution in [2.45, 2.75) is 33.3 Å². The van der Waals surface area contributed by atoms with Gasteiger partial charge >= 0.3 is 0 Å². The van der Waals surface area contributed by atoms with Gasteiger partial charge < -0.3 is 9.47 Å². The lowest BCUT2D eigenvalue weighted by atomic mass is 10.1. The molecule has 0 unspecified atom stereocenters. The molecule has 3 rings (SSSR count). The molecule has 0 radical (unpaired) electrons. The summed E-state index contributed by atoms with van der Waals surface area (Å²) >= 11 is 0. The van der Waals surface area contributed by atoms with Gasteiger partial charge in [0.2, 0.25) is 0 Å². The molecule has 6 nitrogen and oxygen atoms in total. The fourth-order valence-corrected chi connectivity index (χ4v) is 2.97. The van der Waals surface area contributed by atoms with E-state index in [1.807, 2.05) is 42.5 Å². The number of ether oxygens (including phenoxy) is 2. The quantitative estimate of drug-likeness (QED) is 0.527. The van der Waals surface area contributed by atoms with E-state index in [9.17, 15) is 9.59 Å². The maximum Gasteiger partial charge on any atom is 0.279 e. The van der Waals surface area contributed by atoms with Crippen LogP contribution in [0.2, 0.25) is 0 Å². The van der Waals surface area contributed by atoms with Crippen molar-refractivity contribution in [2.75, 3.05) is 6.61 Å². The number of amides is 2. The molecular formula is C25H28N2O4. The lowest BCUT2D eigenvalue weighted by Crippen LogP contribution is -2.47. The van der Waals surface area contributed by atoms with Crippen LogP contribution in [0, 0.1) is 5.92 Å². The van der Waals surface area contributed by atoms with Gasteiger partial charge in [-0.2, -0.15) is 0 Å². The van der Waals surface area contributed by atoms with Gasteiger partial charge in [0.15, 0.2) is 6.10 Å². The Morgan fingerprint density at radius 1 is 0.871 bits per heavy atom. The van der Waals surface area contributed by atoms with E-state index in [0.717, 1.165) is 17.2 Å². The zero-order chi connectivity index (χ0) is 22.2. The molecule has 3 aromatic rings. The molecular weight excluding hydrogens is 392 g/mol. The summed E-state index contributed by atoms with van der Waals surface area (Å²) < 4.78 is 11.5. The van der Waals surface area contributed by atoms with Crippen molar-refractivity contribution in [1.29, 1.82) is 0 Å². The zero-order valence-corrected chi connectivity index (χ0v) is 18.1. The van der Waals surface area contributed by atoms with E-state index < -0.39 is 17.9 Å². The topological polar surface area (TPSA) is 76.7 Å². The number of benzene rings is 3. The summed E-state index contributed by atoms with van der Waals surface area (Å²) in [5, 5.41) is 2.11. The number of rotatable bonds is 8. The number of nitrogens with one attached hydrogen (secondary N) is 2. The number of hydrazine groups is 1. The smallest absolute Gasteiger partial charge is 0.279 e. The van der Waals surface area contributed by atoms with Crippen LogP contribution in [0.4, 0.5) is 0 Å². The molecule has 0 bridgehead atoms. The molecule has 3 aromatic carbocycles. The number of fused-ring (bicyclic) bond motifs is 1. The van der Waals surface area contributed by atoms with Crippen LogP contribution in [0.25, 0.3) is 10.8 Å². The lowest BCUT2D eigenvalue weighted by Gasteiger charge is -2.16. The average molecular weight is 421 g/mol. The second-order valence-electron chi connectivity index (χ2n) is 7.74. The standard InChI is InChI=1S/C25H28N2O4/c1-17(2)14-15-30-23-11-7-6-10-22(23)25(29)27-26-24(28)18(3)31-21-13-12-19-8-4-5-9-20(19)16-21/h4-13,16-18H,14-15H2,1-3H3,(H,26,28)(H,27,29)/t18-/m0/s1. The molecule has 6 heteroatoms. The highest BCUT2D eigenvalue weighted by Crippen LogP contribution is 2.21. The molecule has 2 amide bonds. The van der Waals surface area contributed by atoms with Crippen molar-refractivity contribution in [2.24, 2.45) is 5.92 Å². The van der Waals surface area contributed by atoms with E-state index in [-0.39, 0.29) is 0 Å². The predicted octanol–water partition coefficient (Wildman–Crippen LogP) is 4.49. The Morgan fingerprint density at radius 3 is 2.35 bits per heavy atom. The van der Waals surface area contributed by atoms with E-state index in [4.69, 9.17) is 9.47 Å². The first-order valence-electron chi connectivity index (χ1n) is 10.4. The molecule has 2 N–H and O–H groups in total. The van der Waals surface area contributed by atoms with Crippen molar-refractivity contribution in [1.82, 2.24) is 10.9 Å². The summed E-state index contributed by atoms with van der Waals surface area (Å²) in [7, 11) is 0. The van der Waals surface area contributed by atoms with Gasteiger partial charge in [-0.15, -0.1) is 0 Å². The highest BCUT2D eigenvalue weighted by atomic mass is 16.5. The molecule has 0 saturated heterocycles. The van der Waals surface area contributed by atoms with Crippen LogP contribution < -0.4 is 20.3 Å². The molecule has 0 fully saturated rings. The van der Waals surface area contributed by atoms with E-state index in [1.54, 1.807) is 31.2 Å². The fraction of sp³-hybridized carbons (Fsp3) is 0.280. The van der Waals surface area contributed by atoms with E-state index >= 15 is 0 Å². The van der Waals surface area contributed by atoms with Gasteiger partial charge in [0, 0.05) is 0 Å². The zero-order valence-electron chi connectivity index (χ0n) is 18.1. The third kappa shape index (κ3) is 6.22. The molecule has 0 aromatic heterocycles. The van der Waals surface area contributed by atoms with Crippen molar-refractivity contribution < 1.29 is 19.1 Å². The SMILES string of the molecule is CC(C)CCOc1ccccc1C(=O)NNC(=O)[C@H](C)Oc1ccc2ccccc2c1. The minimum atomic E-state index is -0.793. The molecule has 0 aliphatic heterocycles. The Balaban J connectivity index is 1.55. The number of carbonyl (C=O) groups excluding carboxylic acids is 2. The van der Waals surface area contributed by atoms with Gasteiger partial charge in [-0.1, -0.05) is 56.3 Å². The Morgan fingerprint density at radius 2 is 1.58 bits per heavy atom. The number of para-hydroxylation sites is 1. The predicted molar refractivity (Wildman–Crippen MR) is 121 cm³/mol. The second-order valence-corrected chi connectivity index (χ2v) is 7.74. The van der Waals surface area contributed by atoms with Gasteiger partial charge in [-0.25, -0.2) is 0 Å². The number of carbonyl (C=O) groups is 2. The van der Waals surface area contributed by atoms with Crippen LogP contribution in [0.5, 0.6) is 11.5 Å². The van der Waals surface area contributed by atoms with E-state index in [2.05, 4.69) is 24.7 Å². The van der Waals surface area contributed by atoms with E-state index in [1.165, 1.54) is 0 Å². The number of hydrogen-bond acceptors (Lipinski definition) is 4. The third-order valence-corrected chi connectivity index (χ3v) is 4.79. The van der Waals surface area contributed by atoms with Crippen molar-refractivity contribution in [3.8, 4) is 11.5 Å². The molecule has 0 aliphatic carbocycles. The Bertz CT molecular complexity index is 1050. The minimum Gasteiger partial charge on any atom is -0.493 e. The lowest BCUT2D eigenvalue weighted by molar-refractivity contribution is -0.128.